The third-order valence-electron chi connectivity index (χ3n) is 2.45. The van der Waals surface area contributed by atoms with Gasteiger partial charge in [0.15, 0.2) is 6.29 Å². The minimum absolute atomic E-state index is 0.187. The summed E-state index contributed by atoms with van der Waals surface area (Å²) >= 11 is 0. The van der Waals surface area contributed by atoms with Gasteiger partial charge in [-0.2, -0.15) is 5.11 Å². The fourth-order valence-electron chi connectivity index (χ4n) is 1.46. The molecule has 0 aliphatic heterocycles. The minimum Gasteiger partial charge on any atom is -0.478 e. The zero-order valence-corrected chi connectivity index (χ0v) is 9.85. The molecule has 2 rings (SSSR count). The van der Waals surface area contributed by atoms with Crippen LogP contribution in [0.5, 0.6) is 0 Å². The van der Waals surface area contributed by atoms with E-state index in [1.807, 2.05) is 0 Å². The molecule has 0 aromatic heterocycles. The molecule has 0 fully saturated rings. The van der Waals surface area contributed by atoms with E-state index in [4.69, 9.17) is 5.11 Å². The lowest BCUT2D eigenvalue weighted by Crippen LogP contribution is -1.93. The van der Waals surface area contributed by atoms with Gasteiger partial charge in [0, 0.05) is 5.56 Å². The Bertz CT molecular complexity index is 633. The van der Waals surface area contributed by atoms with Crippen LogP contribution in [0.4, 0.5) is 11.4 Å². The van der Waals surface area contributed by atoms with E-state index in [9.17, 15) is 9.59 Å². The highest BCUT2D eigenvalue weighted by Crippen LogP contribution is 2.21. The second kappa shape index (κ2) is 5.68. The summed E-state index contributed by atoms with van der Waals surface area (Å²) in [6.07, 6.45) is 0.710. The van der Waals surface area contributed by atoms with Gasteiger partial charge in [0.2, 0.25) is 0 Å². The van der Waals surface area contributed by atoms with Crippen molar-refractivity contribution < 1.29 is 14.7 Å². The first-order valence-corrected chi connectivity index (χ1v) is 5.50. The number of carbonyl (C=O) groups excluding carboxylic acids is 1. The van der Waals surface area contributed by atoms with Crippen molar-refractivity contribution in [3.05, 3.63) is 59.7 Å². The van der Waals surface area contributed by atoms with Crippen molar-refractivity contribution in [1.82, 2.24) is 0 Å². The van der Waals surface area contributed by atoms with Crippen molar-refractivity contribution in [3.8, 4) is 0 Å². The van der Waals surface area contributed by atoms with Gasteiger partial charge in [-0.1, -0.05) is 12.1 Å². The zero-order chi connectivity index (χ0) is 13.7. The Hall–Kier alpha value is -2.82. The maximum atomic E-state index is 10.8. The number of hydrogen-bond acceptors (Lipinski definition) is 4. The SMILES string of the molecule is O=Cc1ccccc1N=Nc1ccc(C(=O)O)cc1. The molecule has 5 heteroatoms. The summed E-state index contributed by atoms with van der Waals surface area (Å²) in [5.41, 5.74) is 1.63. The van der Waals surface area contributed by atoms with Gasteiger partial charge in [0.05, 0.1) is 16.9 Å². The normalized spacial score (nSPS) is 10.5. The van der Waals surface area contributed by atoms with Crippen LogP contribution in [0.1, 0.15) is 20.7 Å². The summed E-state index contributed by atoms with van der Waals surface area (Å²) in [5, 5.41) is 16.7. The van der Waals surface area contributed by atoms with E-state index in [-0.39, 0.29) is 5.56 Å². The van der Waals surface area contributed by atoms with Gasteiger partial charge in [-0.05, 0) is 36.4 Å². The molecule has 0 unspecified atom stereocenters. The summed E-state index contributed by atoms with van der Waals surface area (Å²) in [5.74, 6) is -0.991. The second-order valence-electron chi connectivity index (χ2n) is 3.73. The fraction of sp³-hybridized carbons (Fsp3) is 0. The van der Waals surface area contributed by atoms with Crippen LogP contribution in [-0.2, 0) is 0 Å². The third-order valence-corrected chi connectivity index (χ3v) is 2.45. The Morgan fingerprint density at radius 3 is 2.32 bits per heavy atom. The predicted octanol–water partition coefficient (Wildman–Crippen LogP) is 3.61. The van der Waals surface area contributed by atoms with Gasteiger partial charge in [-0.25, -0.2) is 4.79 Å². The lowest BCUT2D eigenvalue weighted by Gasteiger charge is -1.97. The highest BCUT2D eigenvalue weighted by Gasteiger charge is 2.01. The number of benzene rings is 2. The van der Waals surface area contributed by atoms with Gasteiger partial charge in [0.25, 0.3) is 0 Å². The summed E-state index contributed by atoms with van der Waals surface area (Å²) in [6.45, 7) is 0. The Kier molecular flexibility index (Phi) is 3.78. The molecular weight excluding hydrogens is 244 g/mol. The van der Waals surface area contributed by atoms with Crippen molar-refractivity contribution in [1.29, 1.82) is 0 Å². The Morgan fingerprint density at radius 1 is 1.00 bits per heavy atom. The number of carboxylic acid groups (broad SMARTS) is 1. The van der Waals surface area contributed by atoms with Gasteiger partial charge < -0.3 is 5.11 Å². The first kappa shape index (κ1) is 12.6. The van der Waals surface area contributed by atoms with Crippen LogP contribution in [0.15, 0.2) is 58.8 Å². The van der Waals surface area contributed by atoms with E-state index >= 15 is 0 Å². The van der Waals surface area contributed by atoms with Crippen LogP contribution in [-0.4, -0.2) is 17.4 Å². The van der Waals surface area contributed by atoms with E-state index in [1.165, 1.54) is 12.1 Å². The number of azo groups is 1. The molecular formula is C14H10N2O3. The number of hydrogen-bond donors (Lipinski definition) is 1. The predicted molar refractivity (Wildman–Crippen MR) is 69.4 cm³/mol. The molecule has 5 nitrogen and oxygen atoms in total. The average molecular weight is 254 g/mol. The van der Waals surface area contributed by atoms with Crippen molar-refractivity contribution >= 4 is 23.6 Å². The summed E-state index contributed by atoms with van der Waals surface area (Å²) in [6, 6.07) is 12.8. The molecule has 94 valence electrons. The topological polar surface area (TPSA) is 79.1 Å². The van der Waals surface area contributed by atoms with Crippen LogP contribution in [0.25, 0.3) is 0 Å². The fourth-order valence-corrected chi connectivity index (χ4v) is 1.46. The monoisotopic (exact) mass is 254 g/mol. The molecule has 2 aromatic carbocycles. The van der Waals surface area contributed by atoms with Crippen molar-refractivity contribution in [2.75, 3.05) is 0 Å². The maximum absolute atomic E-state index is 10.8. The lowest BCUT2D eigenvalue weighted by molar-refractivity contribution is 0.0696. The summed E-state index contributed by atoms with van der Waals surface area (Å²) < 4.78 is 0. The lowest BCUT2D eigenvalue weighted by atomic mass is 10.2. The zero-order valence-electron chi connectivity index (χ0n) is 9.85. The van der Waals surface area contributed by atoms with Gasteiger partial charge in [-0.15, -0.1) is 5.11 Å². The molecule has 2 aromatic rings. The molecule has 0 bridgehead atoms. The van der Waals surface area contributed by atoms with Gasteiger partial charge >= 0.3 is 5.97 Å². The largest absolute Gasteiger partial charge is 0.478 e. The highest BCUT2D eigenvalue weighted by atomic mass is 16.4. The maximum Gasteiger partial charge on any atom is 0.335 e. The van der Waals surface area contributed by atoms with E-state index < -0.39 is 5.97 Å². The first-order chi connectivity index (χ1) is 9.20. The summed E-state index contributed by atoms with van der Waals surface area (Å²) in [7, 11) is 0. The number of carboxylic acids is 1. The molecule has 1 N–H and O–H groups in total. The number of rotatable bonds is 4. The highest BCUT2D eigenvalue weighted by molar-refractivity contribution is 5.87. The van der Waals surface area contributed by atoms with E-state index in [0.29, 0.717) is 23.2 Å². The van der Waals surface area contributed by atoms with Crippen LogP contribution < -0.4 is 0 Å². The van der Waals surface area contributed by atoms with Crippen molar-refractivity contribution in [3.63, 3.8) is 0 Å². The number of aldehydes is 1. The van der Waals surface area contributed by atoms with Crippen molar-refractivity contribution in [2.45, 2.75) is 0 Å². The number of carbonyl (C=O) groups is 2. The van der Waals surface area contributed by atoms with Crippen LogP contribution >= 0.6 is 0 Å². The average Bonchev–Trinajstić information content (AvgIpc) is 2.45. The Labute approximate surface area is 109 Å². The van der Waals surface area contributed by atoms with E-state index in [0.717, 1.165) is 0 Å². The van der Waals surface area contributed by atoms with Gasteiger partial charge in [-0.3, -0.25) is 4.79 Å². The molecule has 0 aliphatic carbocycles. The molecule has 0 atom stereocenters. The first-order valence-electron chi connectivity index (χ1n) is 5.50. The molecule has 0 spiro atoms. The quantitative estimate of drug-likeness (QED) is 0.668. The number of aromatic carboxylic acids is 1. The smallest absolute Gasteiger partial charge is 0.335 e. The summed E-state index contributed by atoms with van der Waals surface area (Å²) in [4.78, 5) is 21.5. The molecule has 0 saturated carbocycles. The molecule has 0 saturated heterocycles. The van der Waals surface area contributed by atoms with E-state index in [1.54, 1.807) is 36.4 Å². The Balaban J connectivity index is 2.22. The molecule has 0 radical (unpaired) electrons. The van der Waals surface area contributed by atoms with Gasteiger partial charge in [0.1, 0.15) is 0 Å². The Morgan fingerprint density at radius 2 is 1.68 bits per heavy atom. The third kappa shape index (κ3) is 3.10. The molecule has 0 amide bonds. The minimum atomic E-state index is -0.991. The van der Waals surface area contributed by atoms with Crippen LogP contribution in [0.3, 0.4) is 0 Å². The van der Waals surface area contributed by atoms with E-state index in [2.05, 4.69) is 10.2 Å². The standard InChI is InChI=1S/C14H10N2O3/c17-9-11-3-1-2-4-13(11)16-15-12-7-5-10(6-8-12)14(18)19/h1-9H,(H,18,19). The molecule has 0 heterocycles. The number of nitrogens with zero attached hydrogens (tertiary/aromatic N) is 2. The molecule has 0 aliphatic rings. The molecule has 19 heavy (non-hydrogen) atoms. The second-order valence-corrected chi connectivity index (χ2v) is 3.73. The van der Waals surface area contributed by atoms with Crippen molar-refractivity contribution in [2.24, 2.45) is 10.2 Å². The van der Waals surface area contributed by atoms with Crippen LogP contribution in [0.2, 0.25) is 0 Å². The van der Waals surface area contributed by atoms with Crippen LogP contribution in [0, 0.1) is 0 Å².